The zero-order chi connectivity index (χ0) is 27.4. The van der Waals surface area contributed by atoms with E-state index in [0.717, 1.165) is 17.0 Å². The van der Waals surface area contributed by atoms with Crippen LogP contribution in [0, 0.1) is 5.82 Å². The molecule has 3 heterocycles. The number of piperidine rings is 1. The maximum Gasteiger partial charge on any atom is 0.261 e. The molecular formula is C24H23ClF3N5O4S. The highest BCUT2D eigenvalue weighted by atomic mass is 35.5. The average Bonchev–Trinajstić information content (AvgIpc) is 3.30. The summed E-state index contributed by atoms with van der Waals surface area (Å²) in [6.45, 7) is -0.239. The number of sulfone groups is 1. The van der Waals surface area contributed by atoms with Crippen LogP contribution in [0.2, 0.25) is 5.02 Å². The Labute approximate surface area is 221 Å². The second-order valence-electron chi connectivity index (χ2n) is 9.64. The van der Waals surface area contributed by atoms with Crippen LogP contribution in [0.3, 0.4) is 0 Å². The first-order valence-corrected chi connectivity index (χ1v) is 13.6. The van der Waals surface area contributed by atoms with Crippen LogP contribution in [0.4, 0.5) is 18.9 Å². The fourth-order valence-electron chi connectivity index (χ4n) is 4.82. The number of carbonyl (C=O) groups excluding carboxylic acids is 1. The molecule has 2 aliphatic rings. The summed E-state index contributed by atoms with van der Waals surface area (Å²) in [6.07, 6.45) is -0.509. The molecule has 2 N–H and O–H groups in total. The van der Waals surface area contributed by atoms with Crippen molar-refractivity contribution in [1.82, 2.24) is 15.1 Å². The molecule has 0 aliphatic carbocycles. The molecule has 0 saturated carbocycles. The predicted octanol–water partition coefficient (Wildman–Crippen LogP) is 3.23. The lowest BCUT2D eigenvalue weighted by Gasteiger charge is -2.33. The highest BCUT2D eigenvalue weighted by Crippen LogP contribution is 2.39. The van der Waals surface area contributed by atoms with E-state index < -0.39 is 63.1 Å². The lowest BCUT2D eigenvalue weighted by molar-refractivity contribution is -0.119. The van der Waals surface area contributed by atoms with Gasteiger partial charge in [0.15, 0.2) is 9.84 Å². The number of likely N-dealkylation sites (tertiary alicyclic amines) is 1. The molecule has 14 heteroatoms. The maximum absolute atomic E-state index is 15.3. The van der Waals surface area contributed by atoms with E-state index in [1.165, 1.54) is 4.90 Å². The number of hydrogen-bond donors (Lipinski definition) is 1. The topological polar surface area (TPSA) is 123 Å². The molecule has 5 rings (SSSR count). The smallest absolute Gasteiger partial charge is 0.261 e. The average molecular weight is 570 g/mol. The van der Waals surface area contributed by atoms with Gasteiger partial charge in [0.1, 0.15) is 5.82 Å². The normalized spacial score (nSPS) is 23.2. The lowest BCUT2D eigenvalue weighted by Crippen LogP contribution is -2.45. The second kappa shape index (κ2) is 9.63. The first-order chi connectivity index (χ1) is 17.8. The van der Waals surface area contributed by atoms with E-state index in [4.69, 9.17) is 21.8 Å². The summed E-state index contributed by atoms with van der Waals surface area (Å²) in [7, 11) is -2.61. The number of fused-ring (bicyclic) bond motifs is 1. The molecule has 38 heavy (non-hydrogen) atoms. The third-order valence-corrected chi connectivity index (χ3v) is 8.56. The molecule has 1 aromatic heterocycles. The number of halogens is 4. The highest BCUT2D eigenvalue weighted by Gasteiger charge is 2.42. The van der Waals surface area contributed by atoms with Crippen molar-refractivity contribution in [3.05, 3.63) is 58.7 Å². The number of nitrogens with two attached hydrogens (primary N) is 1. The maximum atomic E-state index is 15.3. The van der Waals surface area contributed by atoms with Crippen molar-refractivity contribution in [3.63, 3.8) is 0 Å². The number of anilines is 1. The van der Waals surface area contributed by atoms with Gasteiger partial charge in [0.2, 0.25) is 11.8 Å². The van der Waals surface area contributed by atoms with Crippen LogP contribution in [0.15, 0.2) is 45.7 Å². The Kier molecular flexibility index (Phi) is 6.74. The van der Waals surface area contributed by atoms with Gasteiger partial charge in [-0.25, -0.2) is 21.6 Å². The molecule has 202 valence electrons. The SMILES string of the molecule is CN1CC(c2nnc(-c3cc4c(cc3F)S(=O)(=O)C[C@H](N)C(=O)N4Cc3ccc(Cl)cc3)o2)CC(F)(F)C1. The van der Waals surface area contributed by atoms with Crippen LogP contribution in [-0.2, 0) is 21.2 Å². The summed E-state index contributed by atoms with van der Waals surface area (Å²) in [4.78, 5) is 15.4. The molecule has 1 saturated heterocycles. The zero-order valence-electron chi connectivity index (χ0n) is 20.1. The second-order valence-corrected chi connectivity index (χ2v) is 12.1. The third kappa shape index (κ3) is 5.15. The standard InChI is InChI=1S/C24H23ClF3N5O4S/c1-32-10-14(8-24(27,28)12-32)21-30-31-22(37-21)16-6-19-20(7-17(16)26)38(35,36)11-18(29)23(34)33(19)9-13-2-4-15(25)5-3-13/h2-7,14,18H,8-12,29H2,1H3/t14?,18-/m0/s1. The van der Waals surface area contributed by atoms with Gasteiger partial charge in [-0.15, -0.1) is 10.2 Å². The van der Waals surface area contributed by atoms with Crippen molar-refractivity contribution < 1.29 is 30.8 Å². The van der Waals surface area contributed by atoms with Crippen molar-refractivity contribution in [2.24, 2.45) is 5.73 Å². The zero-order valence-corrected chi connectivity index (χ0v) is 21.6. The Morgan fingerprint density at radius 1 is 1.21 bits per heavy atom. The van der Waals surface area contributed by atoms with Gasteiger partial charge in [-0.2, -0.15) is 0 Å². The van der Waals surface area contributed by atoms with Crippen molar-refractivity contribution in [2.75, 3.05) is 30.8 Å². The van der Waals surface area contributed by atoms with Gasteiger partial charge in [-0.3, -0.25) is 9.69 Å². The number of aromatic nitrogens is 2. The van der Waals surface area contributed by atoms with Gasteiger partial charge in [-0.05, 0) is 36.9 Å². The summed E-state index contributed by atoms with van der Waals surface area (Å²) in [6, 6.07) is 7.07. The monoisotopic (exact) mass is 569 g/mol. The summed E-state index contributed by atoms with van der Waals surface area (Å²) in [5.41, 5.74) is 6.14. The lowest BCUT2D eigenvalue weighted by atomic mass is 9.95. The number of benzene rings is 2. The van der Waals surface area contributed by atoms with Crippen molar-refractivity contribution in [1.29, 1.82) is 0 Å². The van der Waals surface area contributed by atoms with E-state index >= 15 is 4.39 Å². The fourth-order valence-corrected chi connectivity index (χ4v) is 6.51. The minimum absolute atomic E-state index is 0.0735. The number of alkyl halides is 2. The van der Waals surface area contributed by atoms with Crippen LogP contribution in [0.25, 0.3) is 11.5 Å². The molecule has 0 radical (unpaired) electrons. The Morgan fingerprint density at radius 3 is 2.61 bits per heavy atom. The molecule has 1 amide bonds. The van der Waals surface area contributed by atoms with Gasteiger partial charge in [0.05, 0.1) is 46.9 Å². The van der Waals surface area contributed by atoms with E-state index in [-0.39, 0.29) is 36.1 Å². The Balaban J connectivity index is 1.58. The minimum atomic E-state index is -4.15. The Morgan fingerprint density at radius 2 is 1.92 bits per heavy atom. The molecule has 2 atom stereocenters. The quantitative estimate of drug-likeness (QED) is 0.508. The van der Waals surface area contributed by atoms with Crippen molar-refractivity contribution in [3.8, 4) is 11.5 Å². The number of nitrogens with zero attached hydrogens (tertiary/aromatic N) is 4. The third-order valence-electron chi connectivity index (χ3n) is 6.51. The number of likely N-dealkylation sites (N-methyl/N-ethyl adjacent to an activating group) is 1. The summed E-state index contributed by atoms with van der Waals surface area (Å²) < 4.78 is 75.1. The first-order valence-electron chi connectivity index (χ1n) is 11.6. The molecule has 0 bridgehead atoms. The minimum Gasteiger partial charge on any atom is -0.420 e. The molecule has 1 unspecified atom stereocenters. The van der Waals surface area contributed by atoms with Crippen LogP contribution in [-0.4, -0.2) is 67.3 Å². The summed E-state index contributed by atoms with van der Waals surface area (Å²) in [5.74, 6) is -6.55. The van der Waals surface area contributed by atoms with Gasteiger partial charge in [-0.1, -0.05) is 23.7 Å². The van der Waals surface area contributed by atoms with Gasteiger partial charge < -0.3 is 15.1 Å². The molecule has 3 aromatic rings. The van der Waals surface area contributed by atoms with Crippen LogP contribution < -0.4 is 10.6 Å². The predicted molar refractivity (Wildman–Crippen MR) is 132 cm³/mol. The molecule has 0 spiro atoms. The molecule has 9 nitrogen and oxygen atoms in total. The largest absolute Gasteiger partial charge is 0.420 e. The van der Waals surface area contributed by atoms with Gasteiger partial charge in [0, 0.05) is 18.0 Å². The van der Waals surface area contributed by atoms with Crippen molar-refractivity contribution in [2.45, 2.75) is 35.7 Å². The highest BCUT2D eigenvalue weighted by molar-refractivity contribution is 7.91. The fraction of sp³-hybridized carbons (Fsp3) is 0.375. The van der Waals surface area contributed by atoms with Crippen LogP contribution in [0.5, 0.6) is 0 Å². The molecule has 1 fully saturated rings. The Bertz CT molecular complexity index is 1500. The molecule has 2 aliphatic heterocycles. The van der Waals surface area contributed by atoms with E-state index in [9.17, 15) is 22.0 Å². The summed E-state index contributed by atoms with van der Waals surface area (Å²) >= 11 is 5.95. The number of amides is 1. The number of hydrogen-bond acceptors (Lipinski definition) is 8. The Hall–Kier alpha value is -3.00. The van der Waals surface area contributed by atoms with Gasteiger partial charge in [0.25, 0.3) is 11.8 Å². The van der Waals surface area contributed by atoms with Crippen LogP contribution >= 0.6 is 11.6 Å². The van der Waals surface area contributed by atoms with E-state index in [1.807, 2.05) is 0 Å². The van der Waals surface area contributed by atoms with Gasteiger partial charge >= 0.3 is 0 Å². The van der Waals surface area contributed by atoms with E-state index in [1.54, 1.807) is 31.3 Å². The molecular weight excluding hydrogens is 547 g/mol. The number of carbonyl (C=O) groups is 1. The number of rotatable bonds is 4. The van der Waals surface area contributed by atoms with E-state index in [0.29, 0.717) is 10.6 Å². The summed E-state index contributed by atoms with van der Waals surface area (Å²) in [5, 5.41) is 8.18. The van der Waals surface area contributed by atoms with E-state index in [2.05, 4.69) is 10.2 Å². The molecule has 2 aromatic carbocycles. The first kappa shape index (κ1) is 26.6. The van der Waals surface area contributed by atoms with Crippen molar-refractivity contribution >= 4 is 33.0 Å². The van der Waals surface area contributed by atoms with Crippen LogP contribution in [0.1, 0.15) is 23.8 Å².